The number of piperidine rings is 1. The summed E-state index contributed by atoms with van der Waals surface area (Å²) >= 11 is 0. The number of hydrogen-bond acceptors (Lipinski definition) is 8. The van der Waals surface area contributed by atoms with Crippen molar-refractivity contribution in [1.29, 1.82) is 0 Å². The highest BCUT2D eigenvalue weighted by atomic mass is 16.5. The van der Waals surface area contributed by atoms with Gasteiger partial charge in [-0.05, 0) is 31.0 Å². The Morgan fingerprint density at radius 1 is 1.03 bits per heavy atom. The zero-order chi connectivity index (χ0) is 21.7. The Morgan fingerprint density at radius 3 is 2.40 bits per heavy atom. The molecule has 1 amide bonds. The Labute approximate surface area is 176 Å². The average Bonchev–Trinajstić information content (AvgIpc) is 2.77. The molecule has 1 aliphatic heterocycles. The molecule has 1 aromatic carbocycles. The number of likely N-dealkylation sites (tertiary alicyclic amines) is 1. The van der Waals surface area contributed by atoms with Crippen molar-refractivity contribution < 1.29 is 23.7 Å². The molecule has 0 bridgehead atoms. The average molecular weight is 416 g/mol. The Morgan fingerprint density at radius 2 is 1.80 bits per heavy atom. The number of nitrogens with zero attached hydrogens (tertiary/aromatic N) is 4. The molecule has 0 aliphatic carbocycles. The van der Waals surface area contributed by atoms with Crippen molar-refractivity contribution in [3.8, 4) is 23.1 Å². The lowest BCUT2D eigenvalue weighted by Gasteiger charge is -2.33. The number of hydrogen-bond donors (Lipinski definition) is 0. The van der Waals surface area contributed by atoms with Crippen LogP contribution in [0.5, 0.6) is 23.1 Å². The number of carbonyl (C=O) groups is 1. The van der Waals surface area contributed by atoms with Crippen LogP contribution in [0.15, 0.2) is 24.3 Å². The highest BCUT2D eigenvalue weighted by Gasteiger charge is 2.29. The predicted molar refractivity (Wildman–Crippen MR) is 112 cm³/mol. The summed E-state index contributed by atoms with van der Waals surface area (Å²) in [4.78, 5) is 16.9. The molecule has 9 heteroatoms. The Bertz CT molecular complexity index is 872. The molecule has 2 heterocycles. The monoisotopic (exact) mass is 416 g/mol. The van der Waals surface area contributed by atoms with Crippen LogP contribution in [0, 0.1) is 0 Å². The molecule has 2 aromatic rings. The van der Waals surface area contributed by atoms with Gasteiger partial charge >= 0.3 is 0 Å². The van der Waals surface area contributed by atoms with Gasteiger partial charge in [0.25, 0.3) is 5.91 Å². The van der Waals surface area contributed by atoms with Crippen molar-refractivity contribution in [3.05, 3.63) is 29.8 Å². The van der Waals surface area contributed by atoms with Gasteiger partial charge in [-0.25, -0.2) is 0 Å². The molecule has 0 spiro atoms. The van der Waals surface area contributed by atoms with Gasteiger partial charge in [0.05, 0.1) is 33.4 Å². The van der Waals surface area contributed by atoms with E-state index in [1.165, 1.54) is 14.2 Å². The first kappa shape index (κ1) is 21.5. The molecular weight excluding hydrogens is 388 g/mol. The van der Waals surface area contributed by atoms with E-state index in [0.29, 0.717) is 41.8 Å². The van der Waals surface area contributed by atoms with Crippen molar-refractivity contribution in [1.82, 2.24) is 15.1 Å². The first-order valence-corrected chi connectivity index (χ1v) is 9.74. The zero-order valence-corrected chi connectivity index (χ0v) is 18.0. The molecule has 1 saturated heterocycles. The molecule has 1 aromatic heterocycles. The van der Waals surface area contributed by atoms with Gasteiger partial charge in [-0.2, -0.15) is 0 Å². The quantitative estimate of drug-likeness (QED) is 0.679. The third kappa shape index (κ3) is 4.50. The minimum atomic E-state index is -0.159. The van der Waals surface area contributed by atoms with Gasteiger partial charge < -0.3 is 28.7 Å². The molecule has 30 heavy (non-hydrogen) atoms. The third-order valence-corrected chi connectivity index (χ3v) is 4.97. The number of carbonyl (C=O) groups excluding carboxylic acids is 1. The van der Waals surface area contributed by atoms with E-state index in [9.17, 15) is 4.79 Å². The highest BCUT2D eigenvalue weighted by Crippen LogP contribution is 2.40. The molecular formula is C21H28N4O5. The molecule has 0 radical (unpaired) electrons. The smallest absolute Gasteiger partial charge is 0.257 e. The van der Waals surface area contributed by atoms with E-state index >= 15 is 0 Å². The standard InChI is InChI=1S/C21H28N4O5/c1-24(2)17-10-11-18(23-22-17)30-14-7-6-12-25(13-14)21(26)15-8-9-16(27-3)20(29-5)19(15)28-4/h8-11,14H,6-7,12-13H2,1-5H3. The lowest BCUT2D eigenvalue weighted by atomic mass is 10.1. The number of anilines is 1. The molecule has 1 unspecified atom stereocenters. The minimum absolute atomic E-state index is 0.143. The SMILES string of the molecule is COc1ccc(C(=O)N2CCCC(Oc3ccc(N(C)C)nn3)C2)c(OC)c1OC. The van der Waals surface area contributed by atoms with Crippen molar-refractivity contribution in [2.24, 2.45) is 0 Å². The first-order valence-electron chi connectivity index (χ1n) is 9.74. The van der Waals surface area contributed by atoms with Gasteiger partial charge in [0.15, 0.2) is 17.3 Å². The first-order chi connectivity index (χ1) is 14.5. The zero-order valence-electron chi connectivity index (χ0n) is 18.0. The number of methoxy groups -OCH3 is 3. The summed E-state index contributed by atoms with van der Waals surface area (Å²) in [6.07, 6.45) is 1.51. The second-order valence-electron chi connectivity index (χ2n) is 7.14. The lowest BCUT2D eigenvalue weighted by molar-refractivity contribution is 0.0522. The van der Waals surface area contributed by atoms with Crippen LogP contribution in [-0.2, 0) is 0 Å². The summed E-state index contributed by atoms with van der Waals surface area (Å²) in [6, 6.07) is 7.04. The maximum absolute atomic E-state index is 13.2. The van der Waals surface area contributed by atoms with Crippen LogP contribution < -0.4 is 23.8 Å². The number of ether oxygens (including phenoxy) is 4. The Hall–Kier alpha value is -3.23. The molecule has 1 aliphatic rings. The fraction of sp³-hybridized carbons (Fsp3) is 0.476. The van der Waals surface area contributed by atoms with Crippen LogP contribution in [0.3, 0.4) is 0 Å². The van der Waals surface area contributed by atoms with Crippen molar-refractivity contribution in [3.63, 3.8) is 0 Å². The van der Waals surface area contributed by atoms with E-state index in [2.05, 4.69) is 10.2 Å². The summed E-state index contributed by atoms with van der Waals surface area (Å²) in [5, 5.41) is 8.26. The molecule has 0 saturated carbocycles. The number of rotatable bonds is 7. The molecule has 162 valence electrons. The third-order valence-electron chi connectivity index (χ3n) is 4.97. The van der Waals surface area contributed by atoms with E-state index in [0.717, 1.165) is 18.7 Å². The van der Waals surface area contributed by atoms with Gasteiger partial charge in [0.1, 0.15) is 6.10 Å². The molecule has 1 fully saturated rings. The summed E-state index contributed by atoms with van der Waals surface area (Å²) in [5.41, 5.74) is 0.422. The maximum Gasteiger partial charge on any atom is 0.257 e. The topological polar surface area (TPSA) is 86.2 Å². The van der Waals surface area contributed by atoms with Gasteiger partial charge in [0.2, 0.25) is 11.6 Å². The van der Waals surface area contributed by atoms with Gasteiger partial charge in [-0.1, -0.05) is 0 Å². The molecule has 9 nitrogen and oxygen atoms in total. The normalized spacial score (nSPS) is 16.0. The van der Waals surface area contributed by atoms with Gasteiger partial charge in [-0.3, -0.25) is 4.79 Å². The van der Waals surface area contributed by atoms with E-state index in [4.69, 9.17) is 18.9 Å². The Balaban J connectivity index is 1.74. The van der Waals surface area contributed by atoms with E-state index in [1.807, 2.05) is 25.1 Å². The van der Waals surface area contributed by atoms with Crippen molar-refractivity contribution in [2.75, 3.05) is 53.4 Å². The summed E-state index contributed by atoms with van der Waals surface area (Å²) < 4.78 is 22.1. The highest BCUT2D eigenvalue weighted by molar-refractivity contribution is 5.98. The second-order valence-corrected chi connectivity index (χ2v) is 7.14. The van der Waals surface area contributed by atoms with Crippen molar-refractivity contribution >= 4 is 11.7 Å². The number of amides is 1. The van der Waals surface area contributed by atoms with E-state index in [1.54, 1.807) is 30.2 Å². The van der Waals surface area contributed by atoms with Gasteiger partial charge in [-0.15, -0.1) is 10.2 Å². The molecule has 0 N–H and O–H groups in total. The fourth-order valence-electron chi connectivity index (χ4n) is 3.44. The van der Waals surface area contributed by atoms with Crippen LogP contribution >= 0.6 is 0 Å². The number of benzene rings is 1. The maximum atomic E-state index is 13.2. The fourth-order valence-corrected chi connectivity index (χ4v) is 3.44. The van der Waals surface area contributed by atoms with Crippen LogP contribution in [0.2, 0.25) is 0 Å². The minimum Gasteiger partial charge on any atom is -0.493 e. The van der Waals surface area contributed by atoms with Crippen LogP contribution in [0.25, 0.3) is 0 Å². The van der Waals surface area contributed by atoms with Crippen LogP contribution in [-0.4, -0.2) is 75.6 Å². The van der Waals surface area contributed by atoms with Crippen LogP contribution in [0.4, 0.5) is 5.82 Å². The van der Waals surface area contributed by atoms with E-state index in [-0.39, 0.29) is 12.0 Å². The number of aromatic nitrogens is 2. The van der Waals surface area contributed by atoms with E-state index < -0.39 is 0 Å². The molecule has 3 rings (SSSR count). The van der Waals surface area contributed by atoms with Gasteiger partial charge in [0, 0.05) is 26.7 Å². The van der Waals surface area contributed by atoms with Crippen molar-refractivity contribution in [2.45, 2.75) is 18.9 Å². The largest absolute Gasteiger partial charge is 0.493 e. The Kier molecular flexibility index (Phi) is 6.81. The predicted octanol–water partition coefficient (Wildman–Crippen LogP) is 2.25. The van der Waals surface area contributed by atoms with Crippen LogP contribution in [0.1, 0.15) is 23.2 Å². The summed E-state index contributed by atoms with van der Waals surface area (Å²) in [6.45, 7) is 1.09. The summed E-state index contributed by atoms with van der Waals surface area (Å²) in [7, 11) is 8.36. The lowest BCUT2D eigenvalue weighted by Crippen LogP contribution is -2.44. The summed E-state index contributed by atoms with van der Waals surface area (Å²) in [5.74, 6) is 2.31. The second kappa shape index (κ2) is 9.51. The molecule has 1 atom stereocenters.